The lowest BCUT2D eigenvalue weighted by molar-refractivity contribution is 0.0896. The quantitative estimate of drug-likeness (QED) is 0.803. The Labute approximate surface area is 95.7 Å². The number of nitrogens with one attached hydrogen (secondary N) is 1. The van der Waals surface area contributed by atoms with Gasteiger partial charge >= 0.3 is 0 Å². The highest BCUT2D eigenvalue weighted by Gasteiger charge is 2.16. The van der Waals surface area contributed by atoms with Crippen LogP contribution < -0.4 is 5.32 Å². The first-order chi connectivity index (χ1) is 7.54. The zero-order valence-electron chi connectivity index (χ0n) is 9.90. The summed E-state index contributed by atoms with van der Waals surface area (Å²) >= 11 is 0. The van der Waals surface area contributed by atoms with Crippen LogP contribution in [0.2, 0.25) is 0 Å². The highest BCUT2D eigenvalue weighted by Crippen LogP contribution is 2.04. The second-order valence-corrected chi connectivity index (χ2v) is 4.19. The Bertz CT molecular complexity index is 347. The number of rotatable bonds is 4. The molecule has 1 amide bonds. The third-order valence-corrected chi connectivity index (χ3v) is 2.49. The molecule has 0 aliphatic carbocycles. The van der Waals surface area contributed by atoms with E-state index < -0.39 is 0 Å². The Balaban J connectivity index is 2.68. The molecule has 16 heavy (non-hydrogen) atoms. The van der Waals surface area contributed by atoms with Gasteiger partial charge in [-0.3, -0.25) is 9.78 Å². The summed E-state index contributed by atoms with van der Waals surface area (Å²) in [4.78, 5) is 15.8. The van der Waals surface area contributed by atoms with E-state index in [9.17, 15) is 4.79 Å². The van der Waals surface area contributed by atoms with Gasteiger partial charge in [0.2, 0.25) is 0 Å². The highest BCUT2D eigenvalue weighted by atomic mass is 16.3. The van der Waals surface area contributed by atoms with Crippen LogP contribution in [0.5, 0.6) is 0 Å². The largest absolute Gasteiger partial charge is 0.394 e. The molecule has 0 saturated carbocycles. The van der Waals surface area contributed by atoms with Crippen molar-refractivity contribution in [3.05, 3.63) is 29.6 Å². The number of amides is 1. The van der Waals surface area contributed by atoms with Gasteiger partial charge in [0.1, 0.15) is 0 Å². The van der Waals surface area contributed by atoms with Crippen molar-refractivity contribution in [2.45, 2.75) is 26.8 Å². The van der Waals surface area contributed by atoms with Crippen molar-refractivity contribution >= 4 is 5.91 Å². The van der Waals surface area contributed by atoms with Crippen molar-refractivity contribution in [3.8, 4) is 0 Å². The second kappa shape index (κ2) is 5.61. The van der Waals surface area contributed by atoms with E-state index in [4.69, 9.17) is 5.11 Å². The van der Waals surface area contributed by atoms with Crippen molar-refractivity contribution in [1.82, 2.24) is 10.3 Å². The van der Waals surface area contributed by atoms with Crippen LogP contribution in [0.3, 0.4) is 0 Å². The number of carbonyl (C=O) groups excluding carboxylic acids is 1. The molecule has 0 radical (unpaired) electrons. The number of aromatic nitrogens is 1. The summed E-state index contributed by atoms with van der Waals surface area (Å²) in [5.41, 5.74) is 1.39. The molecule has 1 heterocycles. The number of carbonyl (C=O) groups is 1. The number of hydrogen-bond donors (Lipinski definition) is 2. The lowest BCUT2D eigenvalue weighted by atomic mass is 10.1. The Morgan fingerprint density at radius 3 is 2.62 bits per heavy atom. The van der Waals surface area contributed by atoms with Crippen LogP contribution >= 0.6 is 0 Å². The first-order valence-corrected chi connectivity index (χ1v) is 5.39. The molecule has 0 aliphatic heterocycles. The molecule has 1 atom stereocenters. The van der Waals surface area contributed by atoms with Crippen LogP contribution in [0.1, 0.15) is 29.9 Å². The van der Waals surface area contributed by atoms with E-state index in [2.05, 4.69) is 10.3 Å². The summed E-state index contributed by atoms with van der Waals surface area (Å²) < 4.78 is 0. The van der Waals surface area contributed by atoms with Gasteiger partial charge in [0.15, 0.2) is 0 Å². The summed E-state index contributed by atoms with van der Waals surface area (Å²) in [5, 5.41) is 11.9. The van der Waals surface area contributed by atoms with E-state index in [1.807, 2.05) is 20.8 Å². The maximum absolute atomic E-state index is 11.8. The van der Waals surface area contributed by atoms with Gasteiger partial charge < -0.3 is 10.4 Å². The van der Waals surface area contributed by atoms with E-state index >= 15 is 0 Å². The number of nitrogens with zero attached hydrogens (tertiary/aromatic N) is 1. The number of pyridine rings is 1. The van der Waals surface area contributed by atoms with E-state index in [-0.39, 0.29) is 24.5 Å². The average molecular weight is 222 g/mol. The third-order valence-electron chi connectivity index (χ3n) is 2.49. The second-order valence-electron chi connectivity index (χ2n) is 4.19. The first kappa shape index (κ1) is 12.6. The SMILES string of the molecule is Cc1ccc(C(=O)NC(CO)C(C)C)cn1. The monoisotopic (exact) mass is 222 g/mol. The maximum Gasteiger partial charge on any atom is 0.253 e. The van der Waals surface area contributed by atoms with Gasteiger partial charge in [0.05, 0.1) is 18.2 Å². The molecule has 1 unspecified atom stereocenters. The minimum absolute atomic E-state index is 0.0529. The van der Waals surface area contributed by atoms with Gasteiger partial charge in [-0.2, -0.15) is 0 Å². The molecular formula is C12H18N2O2. The smallest absolute Gasteiger partial charge is 0.253 e. The Morgan fingerprint density at radius 2 is 2.19 bits per heavy atom. The molecule has 4 heteroatoms. The van der Waals surface area contributed by atoms with Crippen LogP contribution in [0.4, 0.5) is 0 Å². The summed E-state index contributed by atoms with van der Waals surface area (Å²) in [7, 11) is 0. The zero-order valence-corrected chi connectivity index (χ0v) is 9.90. The maximum atomic E-state index is 11.8. The summed E-state index contributed by atoms with van der Waals surface area (Å²) in [5.74, 6) is 0.00704. The van der Waals surface area contributed by atoms with Gasteiger partial charge in [-0.15, -0.1) is 0 Å². The van der Waals surface area contributed by atoms with Crippen molar-refractivity contribution < 1.29 is 9.90 Å². The third kappa shape index (κ3) is 3.31. The molecule has 0 aliphatic rings. The molecule has 1 rings (SSSR count). The van der Waals surface area contributed by atoms with Crippen LogP contribution in [-0.4, -0.2) is 28.6 Å². The van der Waals surface area contributed by atoms with Crippen molar-refractivity contribution in [2.24, 2.45) is 5.92 Å². The lowest BCUT2D eigenvalue weighted by Gasteiger charge is -2.19. The predicted molar refractivity (Wildman–Crippen MR) is 62.2 cm³/mol. The Hall–Kier alpha value is -1.42. The molecule has 0 bridgehead atoms. The van der Waals surface area contributed by atoms with Crippen LogP contribution in [-0.2, 0) is 0 Å². The molecule has 0 aromatic carbocycles. The van der Waals surface area contributed by atoms with Gasteiger partial charge in [-0.25, -0.2) is 0 Å². The zero-order chi connectivity index (χ0) is 12.1. The molecule has 1 aromatic rings. The highest BCUT2D eigenvalue weighted by molar-refractivity contribution is 5.94. The standard InChI is InChI=1S/C12H18N2O2/c1-8(2)11(7-15)14-12(16)10-5-4-9(3)13-6-10/h4-6,8,11,15H,7H2,1-3H3,(H,14,16). The van der Waals surface area contributed by atoms with Gasteiger partial charge in [-0.05, 0) is 25.0 Å². The fourth-order valence-electron chi connectivity index (χ4n) is 1.28. The van der Waals surface area contributed by atoms with Crippen molar-refractivity contribution in [2.75, 3.05) is 6.61 Å². The predicted octanol–water partition coefficient (Wildman–Crippen LogP) is 1.14. The Kier molecular flexibility index (Phi) is 4.43. The number of aliphatic hydroxyl groups excluding tert-OH is 1. The normalized spacial score (nSPS) is 12.6. The lowest BCUT2D eigenvalue weighted by Crippen LogP contribution is -2.41. The molecular weight excluding hydrogens is 204 g/mol. The molecule has 0 saturated heterocycles. The minimum atomic E-state index is -0.214. The van der Waals surface area contributed by atoms with Crippen LogP contribution in [0.25, 0.3) is 0 Å². The van der Waals surface area contributed by atoms with Gasteiger partial charge in [0.25, 0.3) is 5.91 Å². The molecule has 1 aromatic heterocycles. The first-order valence-electron chi connectivity index (χ1n) is 5.39. The fourth-order valence-corrected chi connectivity index (χ4v) is 1.28. The topological polar surface area (TPSA) is 62.2 Å². The van der Waals surface area contributed by atoms with E-state index in [1.54, 1.807) is 18.3 Å². The average Bonchev–Trinajstić information content (AvgIpc) is 2.26. The molecule has 4 nitrogen and oxygen atoms in total. The summed E-state index contributed by atoms with van der Waals surface area (Å²) in [6, 6.07) is 3.30. The molecule has 0 fully saturated rings. The van der Waals surface area contributed by atoms with E-state index in [0.717, 1.165) is 5.69 Å². The summed E-state index contributed by atoms with van der Waals surface area (Å²) in [6.45, 7) is 5.72. The van der Waals surface area contributed by atoms with Gasteiger partial charge in [-0.1, -0.05) is 13.8 Å². The number of aryl methyl sites for hydroxylation is 1. The van der Waals surface area contributed by atoms with Crippen molar-refractivity contribution in [3.63, 3.8) is 0 Å². The van der Waals surface area contributed by atoms with Crippen LogP contribution in [0.15, 0.2) is 18.3 Å². The minimum Gasteiger partial charge on any atom is -0.394 e. The van der Waals surface area contributed by atoms with E-state index in [1.165, 1.54) is 0 Å². The fraction of sp³-hybridized carbons (Fsp3) is 0.500. The molecule has 0 spiro atoms. The van der Waals surface area contributed by atoms with Gasteiger partial charge in [0, 0.05) is 11.9 Å². The number of aliphatic hydroxyl groups is 1. The summed E-state index contributed by atoms with van der Waals surface area (Å²) in [6.07, 6.45) is 1.54. The van der Waals surface area contributed by atoms with E-state index in [0.29, 0.717) is 5.56 Å². The number of hydrogen-bond acceptors (Lipinski definition) is 3. The van der Waals surface area contributed by atoms with Crippen LogP contribution in [0, 0.1) is 12.8 Å². The van der Waals surface area contributed by atoms with Crippen molar-refractivity contribution in [1.29, 1.82) is 0 Å². The molecule has 88 valence electrons. The Morgan fingerprint density at radius 1 is 1.50 bits per heavy atom. The molecule has 2 N–H and O–H groups in total.